The minimum absolute atomic E-state index is 0.0426. The van der Waals surface area contributed by atoms with E-state index in [0.29, 0.717) is 0 Å². The zero-order valence-electron chi connectivity index (χ0n) is 19.7. The number of carboxylic acids is 1. The molecule has 0 heterocycles. The third-order valence-electron chi connectivity index (χ3n) is 5.22. The van der Waals surface area contributed by atoms with Crippen LogP contribution in [0.15, 0.2) is 93.5 Å². The van der Waals surface area contributed by atoms with Crippen LogP contribution < -0.4 is 5.11 Å². The molecule has 3 rings (SSSR count). The summed E-state index contributed by atoms with van der Waals surface area (Å²) in [6.45, 7) is 6.05. The maximum absolute atomic E-state index is 9.26. The van der Waals surface area contributed by atoms with Crippen molar-refractivity contribution >= 4 is 16.9 Å². The fourth-order valence-electron chi connectivity index (χ4n) is 3.31. The summed E-state index contributed by atoms with van der Waals surface area (Å²) in [6.07, 6.45) is 7.51. The number of rotatable bonds is 10. The molecule has 170 valence electrons. The first-order valence-corrected chi connectivity index (χ1v) is 13.0. The van der Waals surface area contributed by atoms with Gasteiger partial charge in [-0.2, -0.15) is 0 Å². The highest BCUT2D eigenvalue weighted by Gasteiger charge is 2.28. The first-order valence-electron chi connectivity index (χ1n) is 11.8. The van der Waals surface area contributed by atoms with Gasteiger partial charge < -0.3 is 9.90 Å². The SMILES string of the molecule is CCC(=O)[O-].CCCCc1ccc([S+](c2ccccc2)c2ccc(CCCC)cc2)cc1. The van der Waals surface area contributed by atoms with Crippen LogP contribution in [0.1, 0.15) is 64.0 Å². The van der Waals surface area contributed by atoms with Crippen LogP contribution in [0, 0.1) is 0 Å². The molecule has 0 saturated carbocycles. The smallest absolute Gasteiger partial charge is 0.166 e. The highest BCUT2D eigenvalue weighted by atomic mass is 32.2. The topological polar surface area (TPSA) is 40.1 Å². The lowest BCUT2D eigenvalue weighted by atomic mass is 10.1. The van der Waals surface area contributed by atoms with Gasteiger partial charge in [-0.15, -0.1) is 0 Å². The van der Waals surface area contributed by atoms with E-state index in [9.17, 15) is 9.90 Å². The third kappa shape index (κ3) is 8.55. The molecule has 0 spiro atoms. The predicted molar refractivity (Wildman–Crippen MR) is 134 cm³/mol. The average Bonchev–Trinajstić information content (AvgIpc) is 2.84. The van der Waals surface area contributed by atoms with Crippen LogP contribution in [0.25, 0.3) is 0 Å². The number of aliphatic carboxylic acids is 1. The molecule has 0 amide bonds. The Hall–Kier alpha value is -2.52. The van der Waals surface area contributed by atoms with Gasteiger partial charge in [0.2, 0.25) is 0 Å². The maximum atomic E-state index is 9.26. The van der Waals surface area contributed by atoms with Crippen LogP contribution >= 0.6 is 0 Å². The van der Waals surface area contributed by atoms with Crippen molar-refractivity contribution in [2.75, 3.05) is 0 Å². The first-order chi connectivity index (χ1) is 15.6. The predicted octanol–water partition coefficient (Wildman–Crippen LogP) is 6.61. The number of hydrogen-bond acceptors (Lipinski definition) is 2. The Morgan fingerprint density at radius 3 is 1.38 bits per heavy atom. The van der Waals surface area contributed by atoms with E-state index in [1.165, 1.54) is 71.3 Å². The standard InChI is InChI=1S/C26H31S.C3H6O2/c1-3-5-10-22-14-18-25(19-15-22)27(24-12-8-7-9-13-24)26-20-16-23(17-21-26)11-6-4-2;1-2-3(4)5/h7-9,12-21H,3-6,10-11H2,1-2H3;2H2,1H3,(H,4,5)/q+1;/p-1. The number of unbranched alkanes of at least 4 members (excludes halogenated alkanes) is 2. The molecule has 0 atom stereocenters. The van der Waals surface area contributed by atoms with E-state index < -0.39 is 5.97 Å². The van der Waals surface area contributed by atoms with E-state index >= 15 is 0 Å². The van der Waals surface area contributed by atoms with Gasteiger partial charge in [-0.3, -0.25) is 0 Å². The van der Waals surface area contributed by atoms with E-state index in [1.54, 1.807) is 0 Å². The van der Waals surface area contributed by atoms with E-state index in [2.05, 4.69) is 92.7 Å². The summed E-state index contributed by atoms with van der Waals surface area (Å²) >= 11 is 0. The molecule has 2 nitrogen and oxygen atoms in total. The molecule has 0 aromatic heterocycles. The van der Waals surface area contributed by atoms with Gasteiger partial charge in [0.1, 0.15) is 0 Å². The van der Waals surface area contributed by atoms with Gasteiger partial charge in [-0.1, -0.05) is 76.1 Å². The largest absolute Gasteiger partial charge is 0.550 e. The fraction of sp³-hybridized carbons (Fsp3) is 0.345. The number of aryl methyl sites for hydroxylation is 2. The lowest BCUT2D eigenvalue weighted by molar-refractivity contribution is -0.305. The fourth-order valence-corrected chi connectivity index (χ4v) is 5.37. The second-order valence-electron chi connectivity index (χ2n) is 7.84. The molecule has 0 radical (unpaired) electrons. The molecular weight excluding hydrogens is 412 g/mol. The van der Waals surface area contributed by atoms with Crippen molar-refractivity contribution in [3.05, 3.63) is 90.0 Å². The van der Waals surface area contributed by atoms with Gasteiger partial charge in [0.25, 0.3) is 0 Å². The molecule has 0 aliphatic heterocycles. The monoisotopic (exact) mass is 448 g/mol. The van der Waals surface area contributed by atoms with Crippen LogP contribution in [-0.4, -0.2) is 5.97 Å². The highest BCUT2D eigenvalue weighted by Crippen LogP contribution is 2.31. The van der Waals surface area contributed by atoms with Crippen molar-refractivity contribution in [1.82, 2.24) is 0 Å². The molecule has 0 unspecified atom stereocenters. The van der Waals surface area contributed by atoms with Crippen LogP contribution in [-0.2, 0) is 28.5 Å². The quantitative estimate of drug-likeness (QED) is 0.327. The Bertz CT molecular complexity index is 851. The summed E-state index contributed by atoms with van der Waals surface area (Å²) in [5, 5.41) is 9.26. The van der Waals surface area contributed by atoms with Gasteiger partial charge in [0.05, 0.1) is 10.9 Å². The number of benzene rings is 3. The second kappa shape index (κ2) is 14.5. The van der Waals surface area contributed by atoms with Crippen molar-refractivity contribution in [1.29, 1.82) is 0 Å². The van der Waals surface area contributed by atoms with Gasteiger partial charge in [-0.25, -0.2) is 0 Å². The normalized spacial score (nSPS) is 10.5. The highest BCUT2D eigenvalue weighted by molar-refractivity contribution is 7.97. The second-order valence-corrected chi connectivity index (χ2v) is 9.87. The van der Waals surface area contributed by atoms with Crippen molar-refractivity contribution in [3.8, 4) is 0 Å². The number of carbonyl (C=O) groups excluding carboxylic acids is 1. The van der Waals surface area contributed by atoms with Crippen molar-refractivity contribution in [3.63, 3.8) is 0 Å². The van der Waals surface area contributed by atoms with E-state index in [0.717, 1.165) is 0 Å². The zero-order chi connectivity index (χ0) is 23.2. The molecule has 0 saturated heterocycles. The maximum Gasteiger partial charge on any atom is 0.166 e. The molecule has 3 aromatic rings. The van der Waals surface area contributed by atoms with Crippen LogP contribution in [0.2, 0.25) is 0 Å². The first kappa shape index (κ1) is 25.7. The summed E-state index contributed by atoms with van der Waals surface area (Å²) in [4.78, 5) is 13.5. The van der Waals surface area contributed by atoms with Crippen molar-refractivity contribution in [2.24, 2.45) is 0 Å². The number of hydrogen-bond donors (Lipinski definition) is 0. The molecular formula is C29H36O2S. The molecule has 0 aliphatic carbocycles. The molecule has 3 aromatic carbocycles. The molecule has 32 heavy (non-hydrogen) atoms. The summed E-state index contributed by atoms with van der Waals surface area (Å²) in [6, 6.07) is 29.6. The molecule has 0 N–H and O–H groups in total. The summed E-state index contributed by atoms with van der Waals surface area (Å²) < 4.78 is 0. The van der Waals surface area contributed by atoms with Crippen LogP contribution in [0.5, 0.6) is 0 Å². The molecule has 0 aliphatic rings. The third-order valence-corrected chi connectivity index (χ3v) is 7.45. The average molecular weight is 449 g/mol. The molecule has 3 heteroatoms. The Kier molecular flexibility index (Phi) is 11.7. The minimum Gasteiger partial charge on any atom is -0.550 e. The minimum atomic E-state index is -0.995. The Balaban J connectivity index is 0.000000654. The van der Waals surface area contributed by atoms with Gasteiger partial charge >= 0.3 is 0 Å². The Labute approximate surface area is 197 Å². The van der Waals surface area contributed by atoms with Gasteiger partial charge in [0.15, 0.2) is 14.7 Å². The van der Waals surface area contributed by atoms with E-state index in [1.807, 2.05) is 0 Å². The van der Waals surface area contributed by atoms with E-state index in [4.69, 9.17) is 0 Å². The van der Waals surface area contributed by atoms with Crippen molar-refractivity contribution < 1.29 is 9.90 Å². The molecule has 0 fully saturated rings. The number of carboxylic acid groups (broad SMARTS) is 1. The Morgan fingerprint density at radius 2 is 1.03 bits per heavy atom. The lowest BCUT2D eigenvalue weighted by Gasteiger charge is -2.09. The van der Waals surface area contributed by atoms with Gasteiger partial charge in [-0.05, 0) is 79.6 Å². The summed E-state index contributed by atoms with van der Waals surface area (Å²) in [5.74, 6) is -0.995. The van der Waals surface area contributed by atoms with E-state index in [-0.39, 0.29) is 17.3 Å². The zero-order valence-corrected chi connectivity index (χ0v) is 20.5. The Morgan fingerprint density at radius 1 is 0.656 bits per heavy atom. The van der Waals surface area contributed by atoms with Crippen LogP contribution in [0.4, 0.5) is 0 Å². The number of carbonyl (C=O) groups is 1. The van der Waals surface area contributed by atoms with Crippen LogP contribution in [0.3, 0.4) is 0 Å². The summed E-state index contributed by atoms with van der Waals surface area (Å²) in [7, 11) is -0.0426. The lowest BCUT2D eigenvalue weighted by Crippen LogP contribution is -2.19. The summed E-state index contributed by atoms with van der Waals surface area (Å²) in [5.41, 5.74) is 2.90. The van der Waals surface area contributed by atoms with Gasteiger partial charge in [0, 0.05) is 5.97 Å². The molecule has 0 bridgehead atoms. The van der Waals surface area contributed by atoms with Crippen molar-refractivity contribution in [2.45, 2.75) is 80.4 Å².